The van der Waals surface area contributed by atoms with Crippen LogP contribution in [0.5, 0.6) is 0 Å². The molecule has 0 radical (unpaired) electrons. The van der Waals surface area contributed by atoms with Gasteiger partial charge in [-0.25, -0.2) is 4.98 Å². The summed E-state index contributed by atoms with van der Waals surface area (Å²) in [5.74, 6) is 0. The zero-order valence-corrected chi connectivity index (χ0v) is 11.3. The Morgan fingerprint density at radius 2 is 2.29 bits per heavy atom. The molecule has 0 aliphatic rings. The van der Waals surface area contributed by atoms with Crippen molar-refractivity contribution in [2.45, 2.75) is 39.9 Å². The van der Waals surface area contributed by atoms with E-state index in [2.05, 4.69) is 45.5 Å². The van der Waals surface area contributed by atoms with Crippen molar-refractivity contribution in [2.75, 3.05) is 0 Å². The van der Waals surface area contributed by atoms with Gasteiger partial charge in [-0.2, -0.15) is 0 Å². The molecule has 0 aliphatic carbocycles. The molecule has 0 aromatic carbocycles. The molecule has 1 N–H and O–H groups in total. The molecule has 17 heavy (non-hydrogen) atoms. The maximum atomic E-state index is 4.44. The molecular formula is C13H19N3S. The first-order chi connectivity index (χ1) is 8.29. The predicted octanol–water partition coefficient (Wildman–Crippen LogP) is 2.95. The molecule has 0 bridgehead atoms. The first-order valence-electron chi connectivity index (χ1n) is 6.05. The average molecular weight is 249 g/mol. The van der Waals surface area contributed by atoms with Crippen LogP contribution in [0.25, 0.3) is 0 Å². The van der Waals surface area contributed by atoms with Gasteiger partial charge in [-0.05, 0) is 25.5 Å². The number of rotatable bonds is 6. The Kier molecular flexibility index (Phi) is 4.34. The zero-order chi connectivity index (χ0) is 12.1. The van der Waals surface area contributed by atoms with Crippen LogP contribution < -0.4 is 5.32 Å². The van der Waals surface area contributed by atoms with Crippen molar-refractivity contribution in [3.05, 3.63) is 40.1 Å². The fourth-order valence-corrected chi connectivity index (χ4v) is 2.49. The van der Waals surface area contributed by atoms with E-state index in [4.69, 9.17) is 0 Å². The average Bonchev–Trinajstić information content (AvgIpc) is 2.90. The minimum absolute atomic E-state index is 0.849. The number of thiazole rings is 1. The predicted molar refractivity (Wildman–Crippen MR) is 72.1 cm³/mol. The monoisotopic (exact) mass is 249 g/mol. The van der Waals surface area contributed by atoms with Gasteiger partial charge in [-0.3, -0.25) is 0 Å². The standard InChI is InChI=1S/C13H19N3S/c1-3-6-16-7-4-5-13(16)9-14-8-12-10-17-11(2)15-12/h4-5,7,10,14H,3,6,8-9H2,1-2H3. The van der Waals surface area contributed by atoms with Crippen LogP contribution in [0.15, 0.2) is 23.7 Å². The largest absolute Gasteiger partial charge is 0.350 e. The van der Waals surface area contributed by atoms with Gasteiger partial charge in [-0.15, -0.1) is 11.3 Å². The first-order valence-corrected chi connectivity index (χ1v) is 6.93. The third-order valence-corrected chi connectivity index (χ3v) is 3.49. The lowest BCUT2D eigenvalue weighted by Crippen LogP contribution is -2.15. The Morgan fingerprint density at radius 1 is 1.41 bits per heavy atom. The van der Waals surface area contributed by atoms with Gasteiger partial charge in [0.1, 0.15) is 0 Å². The molecule has 0 spiro atoms. The number of nitrogens with one attached hydrogen (secondary N) is 1. The van der Waals surface area contributed by atoms with Crippen molar-refractivity contribution in [1.82, 2.24) is 14.9 Å². The Morgan fingerprint density at radius 3 is 3.00 bits per heavy atom. The summed E-state index contributed by atoms with van der Waals surface area (Å²) in [5.41, 5.74) is 2.49. The van der Waals surface area contributed by atoms with E-state index in [0.717, 1.165) is 30.3 Å². The molecule has 0 atom stereocenters. The third-order valence-electron chi connectivity index (χ3n) is 2.67. The highest BCUT2D eigenvalue weighted by molar-refractivity contribution is 7.09. The number of nitrogens with zero attached hydrogens (tertiary/aromatic N) is 2. The van der Waals surface area contributed by atoms with Gasteiger partial charge < -0.3 is 9.88 Å². The van der Waals surface area contributed by atoms with Crippen LogP contribution in [0.1, 0.15) is 29.7 Å². The van der Waals surface area contributed by atoms with E-state index in [1.54, 1.807) is 11.3 Å². The van der Waals surface area contributed by atoms with Gasteiger partial charge in [0.25, 0.3) is 0 Å². The molecule has 2 aromatic heterocycles. The topological polar surface area (TPSA) is 29.9 Å². The van der Waals surface area contributed by atoms with E-state index in [1.807, 2.05) is 6.92 Å². The SMILES string of the molecule is CCCn1cccc1CNCc1csc(C)n1. The number of hydrogen-bond donors (Lipinski definition) is 1. The molecule has 0 saturated heterocycles. The third kappa shape index (κ3) is 3.41. The molecule has 2 aromatic rings. The molecule has 0 saturated carbocycles. The molecule has 0 amide bonds. The number of aromatic nitrogens is 2. The fourth-order valence-electron chi connectivity index (χ4n) is 1.88. The van der Waals surface area contributed by atoms with E-state index in [1.165, 1.54) is 12.1 Å². The van der Waals surface area contributed by atoms with Gasteiger partial charge in [0, 0.05) is 36.9 Å². The number of hydrogen-bond acceptors (Lipinski definition) is 3. The Labute approximate surface area is 107 Å². The maximum Gasteiger partial charge on any atom is 0.0897 e. The van der Waals surface area contributed by atoms with Crippen LogP contribution in [0.4, 0.5) is 0 Å². The van der Waals surface area contributed by atoms with E-state index in [0.29, 0.717) is 0 Å². The van der Waals surface area contributed by atoms with E-state index in [-0.39, 0.29) is 0 Å². The van der Waals surface area contributed by atoms with Gasteiger partial charge in [0.05, 0.1) is 10.7 Å². The van der Waals surface area contributed by atoms with Crippen molar-refractivity contribution in [3.63, 3.8) is 0 Å². The Balaban J connectivity index is 1.83. The Bertz CT molecular complexity index is 459. The highest BCUT2D eigenvalue weighted by Gasteiger charge is 2.01. The van der Waals surface area contributed by atoms with Crippen LogP contribution in [0.3, 0.4) is 0 Å². The highest BCUT2D eigenvalue weighted by atomic mass is 32.1. The van der Waals surface area contributed by atoms with E-state index < -0.39 is 0 Å². The van der Waals surface area contributed by atoms with Crippen molar-refractivity contribution in [2.24, 2.45) is 0 Å². The summed E-state index contributed by atoms with van der Waals surface area (Å²) in [4.78, 5) is 4.44. The minimum Gasteiger partial charge on any atom is -0.350 e. The summed E-state index contributed by atoms with van der Waals surface area (Å²) in [6, 6.07) is 4.29. The molecule has 0 unspecified atom stereocenters. The summed E-state index contributed by atoms with van der Waals surface area (Å²) in [6.45, 7) is 7.10. The molecule has 4 heteroatoms. The highest BCUT2D eigenvalue weighted by Crippen LogP contribution is 2.08. The van der Waals surface area contributed by atoms with Gasteiger partial charge >= 0.3 is 0 Å². The minimum atomic E-state index is 0.849. The maximum absolute atomic E-state index is 4.44. The lowest BCUT2D eigenvalue weighted by atomic mass is 10.4. The molecule has 2 rings (SSSR count). The van der Waals surface area contributed by atoms with Gasteiger partial charge in [-0.1, -0.05) is 6.92 Å². The van der Waals surface area contributed by atoms with Crippen molar-refractivity contribution in [3.8, 4) is 0 Å². The normalized spacial score (nSPS) is 10.9. The fraction of sp³-hybridized carbons (Fsp3) is 0.462. The quantitative estimate of drug-likeness (QED) is 0.853. The molecular weight excluding hydrogens is 230 g/mol. The van der Waals surface area contributed by atoms with Gasteiger partial charge in [0.2, 0.25) is 0 Å². The van der Waals surface area contributed by atoms with Crippen LogP contribution in [0, 0.1) is 6.92 Å². The van der Waals surface area contributed by atoms with Crippen molar-refractivity contribution >= 4 is 11.3 Å². The second-order valence-corrected chi connectivity index (χ2v) is 5.22. The summed E-state index contributed by atoms with van der Waals surface area (Å²) >= 11 is 1.71. The molecule has 92 valence electrons. The van der Waals surface area contributed by atoms with Crippen LogP contribution in [0.2, 0.25) is 0 Å². The molecule has 3 nitrogen and oxygen atoms in total. The van der Waals surface area contributed by atoms with Gasteiger partial charge in [0.15, 0.2) is 0 Å². The van der Waals surface area contributed by atoms with Crippen LogP contribution in [-0.2, 0) is 19.6 Å². The van der Waals surface area contributed by atoms with Crippen molar-refractivity contribution in [1.29, 1.82) is 0 Å². The molecule has 0 aliphatic heterocycles. The lowest BCUT2D eigenvalue weighted by molar-refractivity contribution is 0.599. The lowest BCUT2D eigenvalue weighted by Gasteiger charge is -2.08. The van der Waals surface area contributed by atoms with E-state index >= 15 is 0 Å². The second-order valence-electron chi connectivity index (χ2n) is 4.15. The second kappa shape index (κ2) is 5.98. The van der Waals surface area contributed by atoms with Crippen LogP contribution >= 0.6 is 11.3 Å². The Hall–Kier alpha value is -1.13. The van der Waals surface area contributed by atoms with Crippen molar-refractivity contribution < 1.29 is 0 Å². The smallest absolute Gasteiger partial charge is 0.0897 e. The van der Waals surface area contributed by atoms with Crippen LogP contribution in [-0.4, -0.2) is 9.55 Å². The first kappa shape index (κ1) is 12.3. The summed E-state index contributed by atoms with van der Waals surface area (Å²) in [7, 11) is 0. The zero-order valence-electron chi connectivity index (χ0n) is 10.4. The molecule has 0 fully saturated rings. The summed E-state index contributed by atoms with van der Waals surface area (Å²) in [6.07, 6.45) is 3.32. The molecule has 2 heterocycles. The van der Waals surface area contributed by atoms with E-state index in [9.17, 15) is 0 Å². The summed E-state index contributed by atoms with van der Waals surface area (Å²) in [5, 5.41) is 6.69. The summed E-state index contributed by atoms with van der Waals surface area (Å²) < 4.78 is 2.30. The number of aryl methyl sites for hydroxylation is 2.